The number of esters is 1. The van der Waals surface area contributed by atoms with E-state index in [0.717, 1.165) is 16.6 Å². The first kappa shape index (κ1) is 19.9. The molecule has 0 bridgehead atoms. The molecule has 0 radical (unpaired) electrons. The van der Waals surface area contributed by atoms with Crippen LogP contribution >= 0.6 is 0 Å². The van der Waals surface area contributed by atoms with Gasteiger partial charge in [0.15, 0.2) is 6.23 Å². The molecular weight excluding hydrogens is 372 g/mol. The van der Waals surface area contributed by atoms with E-state index < -0.39 is 36.4 Å². The average molecular weight is 392 g/mol. The highest BCUT2D eigenvalue weighted by Gasteiger charge is 2.45. The molecule has 11 heteroatoms. The lowest BCUT2D eigenvalue weighted by atomic mass is 10.1. The van der Waals surface area contributed by atoms with E-state index in [-0.39, 0.29) is 25.6 Å². The fourth-order valence-electron chi connectivity index (χ4n) is 2.64. The molecule has 1 aliphatic rings. The molecule has 2 aromatic rings. The molecule has 4 N–H and O–H groups in total. The summed E-state index contributed by atoms with van der Waals surface area (Å²) in [5, 5.41) is 24.0. The predicted molar refractivity (Wildman–Crippen MR) is 91.5 cm³/mol. The zero-order chi connectivity index (χ0) is 20.1. The number of aromatic nitrogens is 3. The number of ether oxygens (including phenoxy) is 3. The third kappa shape index (κ3) is 4.70. The van der Waals surface area contributed by atoms with E-state index in [1.807, 2.05) is 30.3 Å². The van der Waals surface area contributed by atoms with E-state index in [0.29, 0.717) is 0 Å². The smallest absolute Gasteiger partial charge is 0.332 e. The SMILES string of the molecule is NC(=O)c1ncn(C2OC(COC(=O)COCc3ccccc3)C(O)C2O)n1. The minimum Gasteiger partial charge on any atom is -0.461 e. The van der Waals surface area contributed by atoms with Crippen LogP contribution in [0.5, 0.6) is 0 Å². The molecule has 0 saturated carbocycles. The molecule has 1 aromatic carbocycles. The zero-order valence-corrected chi connectivity index (χ0v) is 14.7. The van der Waals surface area contributed by atoms with Crippen molar-refractivity contribution in [2.75, 3.05) is 13.2 Å². The number of hydrogen-bond acceptors (Lipinski definition) is 9. The fourth-order valence-corrected chi connectivity index (χ4v) is 2.64. The predicted octanol–water partition coefficient (Wildman–Crippen LogP) is -1.24. The van der Waals surface area contributed by atoms with Crippen LogP contribution in [-0.4, -0.2) is 68.4 Å². The maximum absolute atomic E-state index is 11.8. The molecule has 150 valence electrons. The highest BCUT2D eigenvalue weighted by Crippen LogP contribution is 2.28. The Bertz CT molecular complexity index is 813. The molecule has 1 aromatic heterocycles. The Morgan fingerprint density at radius 3 is 2.64 bits per heavy atom. The molecular formula is C17H20N4O7. The monoisotopic (exact) mass is 392 g/mol. The van der Waals surface area contributed by atoms with Gasteiger partial charge < -0.3 is 30.2 Å². The Labute approximate surface area is 159 Å². The van der Waals surface area contributed by atoms with E-state index in [9.17, 15) is 19.8 Å². The lowest BCUT2D eigenvalue weighted by Gasteiger charge is -2.14. The lowest BCUT2D eigenvalue weighted by Crippen LogP contribution is -2.34. The van der Waals surface area contributed by atoms with Gasteiger partial charge in [-0.1, -0.05) is 30.3 Å². The highest BCUT2D eigenvalue weighted by atomic mass is 16.6. The maximum atomic E-state index is 11.8. The standard InChI is InChI=1S/C17H20N4O7/c18-15(25)16-19-9-21(20-16)17-14(24)13(23)11(28-17)7-27-12(22)8-26-6-10-4-2-1-3-5-10/h1-5,9,11,13-14,17,23-24H,6-8H2,(H2,18,25). The third-order valence-electron chi connectivity index (χ3n) is 4.07. The number of carbonyl (C=O) groups is 2. The second-order valence-corrected chi connectivity index (χ2v) is 6.12. The summed E-state index contributed by atoms with van der Waals surface area (Å²) in [5.74, 6) is -1.73. The number of nitrogens with zero attached hydrogens (tertiary/aromatic N) is 3. The summed E-state index contributed by atoms with van der Waals surface area (Å²) in [4.78, 5) is 26.5. The summed E-state index contributed by atoms with van der Waals surface area (Å²) in [5.41, 5.74) is 5.99. The van der Waals surface area contributed by atoms with Crippen molar-refractivity contribution < 1.29 is 34.0 Å². The van der Waals surface area contributed by atoms with Crippen molar-refractivity contribution in [2.24, 2.45) is 5.73 Å². The van der Waals surface area contributed by atoms with Crippen LogP contribution in [0.3, 0.4) is 0 Å². The Kier molecular flexibility index (Phi) is 6.31. The minimum absolute atomic E-state index is 0.254. The van der Waals surface area contributed by atoms with Gasteiger partial charge in [0.2, 0.25) is 5.82 Å². The topological polar surface area (TPSA) is 159 Å². The molecule has 4 unspecified atom stereocenters. The van der Waals surface area contributed by atoms with E-state index >= 15 is 0 Å². The first-order valence-electron chi connectivity index (χ1n) is 8.45. The lowest BCUT2D eigenvalue weighted by molar-refractivity contribution is -0.155. The largest absolute Gasteiger partial charge is 0.461 e. The molecule has 11 nitrogen and oxygen atoms in total. The number of amides is 1. The van der Waals surface area contributed by atoms with Crippen molar-refractivity contribution in [3.8, 4) is 0 Å². The van der Waals surface area contributed by atoms with Crippen molar-refractivity contribution in [1.29, 1.82) is 0 Å². The molecule has 2 heterocycles. The van der Waals surface area contributed by atoms with Crippen LogP contribution in [0.25, 0.3) is 0 Å². The molecule has 1 saturated heterocycles. The van der Waals surface area contributed by atoms with Crippen LogP contribution in [0.4, 0.5) is 0 Å². The molecule has 0 spiro atoms. The van der Waals surface area contributed by atoms with Crippen LogP contribution in [-0.2, 0) is 25.6 Å². The van der Waals surface area contributed by atoms with Gasteiger partial charge >= 0.3 is 5.97 Å². The average Bonchev–Trinajstić information content (AvgIpc) is 3.27. The summed E-state index contributed by atoms with van der Waals surface area (Å²) in [6, 6.07) is 9.32. The summed E-state index contributed by atoms with van der Waals surface area (Å²) >= 11 is 0. The Hall–Kier alpha value is -2.86. The summed E-state index contributed by atoms with van der Waals surface area (Å²) < 4.78 is 16.8. The highest BCUT2D eigenvalue weighted by molar-refractivity contribution is 5.88. The van der Waals surface area contributed by atoms with Crippen LogP contribution in [0.2, 0.25) is 0 Å². The van der Waals surface area contributed by atoms with Crippen LogP contribution in [0.15, 0.2) is 36.7 Å². The first-order valence-corrected chi connectivity index (χ1v) is 8.45. The summed E-state index contributed by atoms with van der Waals surface area (Å²) in [6.45, 7) is -0.303. The fraction of sp³-hybridized carbons (Fsp3) is 0.412. The van der Waals surface area contributed by atoms with Gasteiger partial charge in [0.1, 0.15) is 37.9 Å². The number of aliphatic hydroxyl groups excluding tert-OH is 2. The molecule has 1 fully saturated rings. The van der Waals surface area contributed by atoms with Gasteiger partial charge in [0.25, 0.3) is 5.91 Å². The quantitative estimate of drug-likeness (QED) is 0.467. The Morgan fingerprint density at radius 2 is 1.96 bits per heavy atom. The molecule has 3 rings (SSSR count). The molecule has 0 aliphatic carbocycles. The second-order valence-electron chi connectivity index (χ2n) is 6.12. The van der Waals surface area contributed by atoms with Crippen molar-refractivity contribution in [3.05, 3.63) is 48.0 Å². The van der Waals surface area contributed by atoms with Gasteiger partial charge in [-0.05, 0) is 5.56 Å². The van der Waals surface area contributed by atoms with Crippen molar-refractivity contribution in [3.63, 3.8) is 0 Å². The number of primary amides is 1. The van der Waals surface area contributed by atoms with E-state index in [4.69, 9.17) is 19.9 Å². The number of benzene rings is 1. The molecule has 4 atom stereocenters. The third-order valence-corrected chi connectivity index (χ3v) is 4.07. The molecule has 1 amide bonds. The maximum Gasteiger partial charge on any atom is 0.332 e. The summed E-state index contributed by atoms with van der Waals surface area (Å²) in [6.07, 6.45) is -3.63. The van der Waals surface area contributed by atoms with E-state index in [1.54, 1.807) is 0 Å². The Balaban J connectivity index is 1.46. The van der Waals surface area contributed by atoms with E-state index in [2.05, 4.69) is 10.1 Å². The number of nitrogens with two attached hydrogens (primary N) is 1. The zero-order valence-electron chi connectivity index (χ0n) is 14.7. The van der Waals surface area contributed by atoms with Gasteiger partial charge in [-0.15, -0.1) is 5.10 Å². The molecule has 1 aliphatic heterocycles. The van der Waals surface area contributed by atoms with Gasteiger partial charge in [-0.2, -0.15) is 0 Å². The van der Waals surface area contributed by atoms with Crippen molar-refractivity contribution in [1.82, 2.24) is 14.8 Å². The number of rotatable bonds is 8. The van der Waals surface area contributed by atoms with Crippen molar-refractivity contribution in [2.45, 2.75) is 31.1 Å². The van der Waals surface area contributed by atoms with E-state index in [1.165, 1.54) is 0 Å². The first-order chi connectivity index (χ1) is 13.5. The van der Waals surface area contributed by atoms with Crippen molar-refractivity contribution >= 4 is 11.9 Å². The number of carbonyl (C=O) groups excluding carboxylic acids is 2. The van der Waals surface area contributed by atoms with Crippen LogP contribution < -0.4 is 5.73 Å². The van der Waals surface area contributed by atoms with Gasteiger partial charge in [0, 0.05) is 0 Å². The van der Waals surface area contributed by atoms with Gasteiger partial charge in [0.05, 0.1) is 6.61 Å². The minimum atomic E-state index is -1.36. The van der Waals surface area contributed by atoms with Gasteiger partial charge in [-0.25, -0.2) is 14.5 Å². The normalized spacial score (nSPS) is 24.2. The van der Waals surface area contributed by atoms with Gasteiger partial charge in [-0.3, -0.25) is 4.79 Å². The second kappa shape index (κ2) is 8.89. The molecule has 28 heavy (non-hydrogen) atoms. The number of hydrogen-bond donors (Lipinski definition) is 3. The number of aliphatic hydroxyl groups is 2. The van der Waals surface area contributed by atoms with Crippen LogP contribution in [0.1, 0.15) is 22.4 Å². The summed E-state index contributed by atoms with van der Waals surface area (Å²) in [7, 11) is 0. The van der Waals surface area contributed by atoms with Crippen LogP contribution in [0, 0.1) is 0 Å². The Morgan fingerprint density at radius 1 is 1.21 bits per heavy atom.